The molecule has 2 aromatic heterocycles. The van der Waals surface area contributed by atoms with E-state index in [2.05, 4.69) is 15.1 Å². The highest BCUT2D eigenvalue weighted by atomic mass is 32.2. The number of hydrogen-bond donors (Lipinski definition) is 2. The molecule has 0 saturated carbocycles. The van der Waals surface area contributed by atoms with Crippen molar-refractivity contribution in [1.29, 1.82) is 0 Å². The average Bonchev–Trinajstić information content (AvgIpc) is 3.18. The fourth-order valence-corrected chi connectivity index (χ4v) is 3.92. The van der Waals surface area contributed by atoms with Crippen LogP contribution in [0.15, 0.2) is 47.5 Å². The first-order chi connectivity index (χ1) is 15.1. The number of carbonyl (C=O) groups excluding carboxylic acids is 1. The predicted octanol–water partition coefficient (Wildman–Crippen LogP) is 2.65. The molecule has 0 spiro atoms. The molecule has 1 aliphatic rings. The monoisotopic (exact) mass is 468 g/mol. The molecule has 10 nitrogen and oxygen atoms in total. The van der Waals surface area contributed by atoms with Gasteiger partial charge in [0.15, 0.2) is 10.6 Å². The molecule has 168 valence electrons. The summed E-state index contributed by atoms with van der Waals surface area (Å²) >= 11 is 0. The van der Waals surface area contributed by atoms with E-state index in [1.54, 1.807) is 22.9 Å². The highest BCUT2D eigenvalue weighted by Gasteiger charge is 2.34. The average molecular weight is 468 g/mol. The number of rotatable bonds is 4. The number of amides is 2. The Morgan fingerprint density at radius 2 is 1.91 bits per heavy atom. The lowest BCUT2D eigenvalue weighted by Gasteiger charge is -2.16. The number of hydrogen-bond acceptors (Lipinski definition) is 7. The molecule has 3 heterocycles. The maximum Gasteiger partial charge on any atom is 0.433 e. The van der Waals surface area contributed by atoms with E-state index in [4.69, 9.17) is 4.74 Å². The Hall–Kier alpha value is -3.68. The second-order valence-electron chi connectivity index (χ2n) is 6.62. The van der Waals surface area contributed by atoms with Crippen LogP contribution in [0.4, 0.5) is 23.9 Å². The first kappa shape index (κ1) is 21.5. The zero-order chi connectivity index (χ0) is 22.9. The summed E-state index contributed by atoms with van der Waals surface area (Å²) in [6.45, 7) is 0.720. The van der Waals surface area contributed by atoms with Crippen molar-refractivity contribution in [2.75, 3.05) is 11.9 Å². The van der Waals surface area contributed by atoms with Crippen molar-refractivity contribution in [2.24, 2.45) is 0 Å². The molecule has 2 amide bonds. The number of benzene rings is 1. The summed E-state index contributed by atoms with van der Waals surface area (Å²) in [5.41, 5.74) is -1.06. The van der Waals surface area contributed by atoms with Crippen LogP contribution in [-0.2, 0) is 22.7 Å². The van der Waals surface area contributed by atoms with Gasteiger partial charge in [0.1, 0.15) is 0 Å². The molecular formula is C18H15F3N6O4S. The molecular weight excluding hydrogens is 453 g/mol. The van der Waals surface area contributed by atoms with Crippen LogP contribution in [0.3, 0.4) is 0 Å². The molecule has 32 heavy (non-hydrogen) atoms. The number of fused-ring (bicyclic) bond motifs is 1. The second kappa shape index (κ2) is 8.11. The van der Waals surface area contributed by atoms with Crippen LogP contribution < -0.4 is 14.8 Å². The third kappa shape index (κ3) is 4.49. The van der Waals surface area contributed by atoms with Gasteiger partial charge in [0.05, 0.1) is 18.5 Å². The number of halogens is 3. The molecule has 3 aromatic rings. The molecule has 2 N–H and O–H groups in total. The number of ether oxygens (including phenoxy) is 1. The third-order valence-electron chi connectivity index (χ3n) is 4.34. The molecule has 0 aliphatic carbocycles. The quantitative estimate of drug-likeness (QED) is 0.602. The smallest absolute Gasteiger partial charge is 0.433 e. The maximum atomic E-state index is 13.3. The third-order valence-corrected chi connectivity index (χ3v) is 5.65. The number of nitrogens with one attached hydrogen (secondary N) is 2. The summed E-state index contributed by atoms with van der Waals surface area (Å²) in [5.74, 6) is -0.752. The van der Waals surface area contributed by atoms with E-state index in [9.17, 15) is 26.4 Å². The van der Waals surface area contributed by atoms with Crippen LogP contribution >= 0.6 is 0 Å². The summed E-state index contributed by atoms with van der Waals surface area (Å²) in [6.07, 6.45) is -3.16. The first-order valence-corrected chi connectivity index (χ1v) is 10.7. The molecule has 0 radical (unpaired) electrons. The Bertz CT molecular complexity index is 1260. The summed E-state index contributed by atoms with van der Waals surface area (Å²) in [6, 6.07) is 7.31. The summed E-state index contributed by atoms with van der Waals surface area (Å²) in [7, 11) is -4.43. The number of nitrogens with zero attached hydrogens (tertiary/aromatic N) is 4. The Morgan fingerprint density at radius 3 is 2.62 bits per heavy atom. The van der Waals surface area contributed by atoms with Gasteiger partial charge in [-0.2, -0.15) is 18.3 Å². The lowest BCUT2D eigenvalue weighted by Crippen LogP contribution is -2.35. The highest BCUT2D eigenvalue weighted by molar-refractivity contribution is 7.90. The summed E-state index contributed by atoms with van der Waals surface area (Å²) < 4.78 is 73.3. The number of sulfonamides is 1. The van der Waals surface area contributed by atoms with E-state index in [1.165, 1.54) is 16.8 Å². The van der Waals surface area contributed by atoms with Gasteiger partial charge in [-0.15, -0.1) is 0 Å². The molecule has 0 atom stereocenters. The minimum absolute atomic E-state index is 0.0294. The number of anilines is 1. The van der Waals surface area contributed by atoms with Gasteiger partial charge in [0.25, 0.3) is 10.0 Å². The number of aromatic nitrogens is 4. The van der Waals surface area contributed by atoms with Gasteiger partial charge in [-0.3, -0.25) is 5.32 Å². The van der Waals surface area contributed by atoms with Gasteiger partial charge in [0.2, 0.25) is 11.8 Å². The van der Waals surface area contributed by atoms with E-state index in [0.717, 1.165) is 12.3 Å². The van der Waals surface area contributed by atoms with Crippen molar-refractivity contribution in [2.45, 2.75) is 24.0 Å². The molecule has 4 rings (SSSR count). The van der Waals surface area contributed by atoms with Crippen LogP contribution in [0.2, 0.25) is 0 Å². The molecule has 0 fully saturated rings. The molecule has 1 aliphatic heterocycles. The molecule has 14 heteroatoms. The van der Waals surface area contributed by atoms with Crippen molar-refractivity contribution in [1.82, 2.24) is 24.5 Å². The maximum absolute atomic E-state index is 13.3. The number of aryl methyl sites for hydroxylation is 1. The van der Waals surface area contributed by atoms with Crippen molar-refractivity contribution in [3.8, 4) is 17.1 Å². The van der Waals surface area contributed by atoms with Crippen LogP contribution in [0.25, 0.3) is 11.3 Å². The van der Waals surface area contributed by atoms with Crippen molar-refractivity contribution >= 4 is 22.0 Å². The van der Waals surface area contributed by atoms with E-state index in [-0.39, 0.29) is 23.1 Å². The number of alkyl halides is 3. The van der Waals surface area contributed by atoms with Crippen molar-refractivity contribution in [3.05, 3.63) is 48.3 Å². The van der Waals surface area contributed by atoms with E-state index in [0.29, 0.717) is 18.5 Å². The fraction of sp³-hybridized carbons (Fsp3) is 0.222. The Kier molecular flexibility index (Phi) is 5.46. The minimum Gasteiger partial charge on any atom is -0.477 e. The second-order valence-corrected chi connectivity index (χ2v) is 8.28. The van der Waals surface area contributed by atoms with Gasteiger partial charge in [-0.1, -0.05) is 30.3 Å². The normalized spacial score (nSPS) is 13.7. The zero-order valence-electron chi connectivity index (χ0n) is 16.1. The largest absolute Gasteiger partial charge is 0.477 e. The standard InChI is InChI=1S/C18H15F3N6O4S/c19-18(20,21)14-9-12(11-5-2-1-3-6-11)23-16(24-14)25-17(28)26-32(29,30)13-10-22-27-7-4-8-31-15(13)27/h1-3,5-6,9-10H,4,7-8H2,(H2,23,24,25,26,28). The number of urea groups is 1. The van der Waals surface area contributed by atoms with E-state index in [1.807, 2.05) is 5.32 Å². The molecule has 0 bridgehead atoms. The molecule has 0 unspecified atom stereocenters. The molecule has 1 aromatic carbocycles. The van der Waals surface area contributed by atoms with Gasteiger partial charge < -0.3 is 4.74 Å². The summed E-state index contributed by atoms with van der Waals surface area (Å²) in [4.78, 5) is 19.1. The first-order valence-electron chi connectivity index (χ1n) is 9.17. The molecule has 0 saturated heterocycles. The van der Waals surface area contributed by atoms with Gasteiger partial charge in [0, 0.05) is 18.5 Å². The van der Waals surface area contributed by atoms with Crippen molar-refractivity contribution in [3.63, 3.8) is 0 Å². The van der Waals surface area contributed by atoms with E-state index < -0.39 is 33.9 Å². The van der Waals surface area contributed by atoms with Crippen LogP contribution in [-0.4, -0.2) is 40.8 Å². The Morgan fingerprint density at radius 1 is 1.16 bits per heavy atom. The highest BCUT2D eigenvalue weighted by Crippen LogP contribution is 2.31. The topological polar surface area (TPSA) is 128 Å². The van der Waals surface area contributed by atoms with Crippen molar-refractivity contribution < 1.29 is 31.1 Å². The van der Waals surface area contributed by atoms with E-state index >= 15 is 0 Å². The number of carbonyl (C=O) groups is 1. The fourth-order valence-electron chi connectivity index (χ4n) is 2.94. The van der Waals surface area contributed by atoms with Crippen LogP contribution in [0.5, 0.6) is 5.88 Å². The Labute approximate surface area is 179 Å². The predicted molar refractivity (Wildman–Crippen MR) is 104 cm³/mol. The van der Waals surface area contributed by atoms with Gasteiger partial charge >= 0.3 is 12.2 Å². The lowest BCUT2D eigenvalue weighted by atomic mass is 10.1. The lowest BCUT2D eigenvalue weighted by molar-refractivity contribution is -0.141. The minimum atomic E-state index is -4.82. The van der Waals surface area contributed by atoms with Crippen LogP contribution in [0.1, 0.15) is 12.1 Å². The van der Waals surface area contributed by atoms with Gasteiger partial charge in [-0.25, -0.2) is 32.6 Å². The van der Waals surface area contributed by atoms with Crippen LogP contribution in [0, 0.1) is 0 Å². The zero-order valence-corrected chi connectivity index (χ0v) is 16.9. The van der Waals surface area contributed by atoms with Gasteiger partial charge in [-0.05, 0) is 6.07 Å². The summed E-state index contributed by atoms with van der Waals surface area (Å²) in [5, 5.41) is 5.83. The Balaban J connectivity index is 1.59. The SMILES string of the molecule is O=C(Nc1nc(-c2ccccc2)cc(C(F)(F)F)n1)NS(=O)(=O)c1cnn2c1OCCC2.